The van der Waals surface area contributed by atoms with E-state index in [0.29, 0.717) is 38.5 Å². The standard InChI is InChI=1S/C17H28N4O2/c1-21-15(11-14(20-21)13-5-3-2-4-6-13)19-16(22)17(12-18)7-9-23-10-8-17/h11,13H,2-10,12,18H2,1H3,(H,19,22). The summed E-state index contributed by atoms with van der Waals surface area (Å²) in [6.45, 7) is 1.56. The lowest BCUT2D eigenvalue weighted by molar-refractivity contribution is -0.130. The van der Waals surface area contributed by atoms with Crippen molar-refractivity contribution in [2.45, 2.75) is 50.9 Å². The van der Waals surface area contributed by atoms with Gasteiger partial charge in [-0.1, -0.05) is 19.3 Å². The van der Waals surface area contributed by atoms with Gasteiger partial charge in [-0.15, -0.1) is 0 Å². The Bertz CT molecular complexity index is 543. The average Bonchev–Trinajstić information content (AvgIpc) is 2.97. The Kier molecular flexibility index (Phi) is 5.02. The van der Waals surface area contributed by atoms with Crippen molar-refractivity contribution in [1.82, 2.24) is 9.78 Å². The minimum absolute atomic E-state index is 0.00138. The van der Waals surface area contributed by atoms with Crippen molar-refractivity contribution in [1.29, 1.82) is 0 Å². The quantitative estimate of drug-likeness (QED) is 0.890. The summed E-state index contributed by atoms with van der Waals surface area (Å²) >= 11 is 0. The van der Waals surface area contributed by atoms with E-state index in [2.05, 4.69) is 10.4 Å². The maximum atomic E-state index is 12.8. The molecular formula is C17H28N4O2. The van der Waals surface area contributed by atoms with Crippen LogP contribution < -0.4 is 11.1 Å². The SMILES string of the molecule is Cn1nc(C2CCCCC2)cc1NC(=O)C1(CN)CCOCC1. The molecule has 0 radical (unpaired) electrons. The summed E-state index contributed by atoms with van der Waals surface area (Å²) in [5, 5.41) is 7.68. The summed E-state index contributed by atoms with van der Waals surface area (Å²) in [5.41, 5.74) is 6.52. The number of ether oxygens (including phenoxy) is 1. The van der Waals surface area contributed by atoms with E-state index in [1.54, 1.807) is 4.68 Å². The van der Waals surface area contributed by atoms with E-state index in [0.717, 1.165) is 11.5 Å². The predicted octanol–water partition coefficient (Wildman–Crippen LogP) is 2.16. The van der Waals surface area contributed by atoms with Crippen molar-refractivity contribution in [3.05, 3.63) is 11.8 Å². The Morgan fingerprint density at radius 2 is 2.09 bits per heavy atom. The van der Waals surface area contributed by atoms with Gasteiger partial charge in [-0.3, -0.25) is 9.48 Å². The zero-order valence-electron chi connectivity index (χ0n) is 14.0. The summed E-state index contributed by atoms with van der Waals surface area (Å²) in [7, 11) is 1.89. The maximum absolute atomic E-state index is 12.8. The Labute approximate surface area is 137 Å². The number of nitrogens with one attached hydrogen (secondary N) is 1. The van der Waals surface area contributed by atoms with Crippen LogP contribution in [0, 0.1) is 5.41 Å². The molecule has 3 N–H and O–H groups in total. The Balaban J connectivity index is 1.71. The molecule has 3 rings (SSSR count). The number of amides is 1. The van der Waals surface area contributed by atoms with E-state index in [1.807, 2.05) is 13.1 Å². The zero-order chi connectivity index (χ0) is 16.3. The van der Waals surface area contributed by atoms with Crippen LogP contribution in [0.4, 0.5) is 5.82 Å². The van der Waals surface area contributed by atoms with E-state index < -0.39 is 5.41 Å². The first-order valence-corrected chi connectivity index (χ1v) is 8.78. The number of carbonyl (C=O) groups excluding carboxylic acids is 1. The molecule has 1 saturated carbocycles. The smallest absolute Gasteiger partial charge is 0.233 e. The second-order valence-corrected chi connectivity index (χ2v) is 6.96. The Hall–Kier alpha value is -1.40. The fraction of sp³-hybridized carbons (Fsp3) is 0.765. The van der Waals surface area contributed by atoms with Gasteiger partial charge in [0.1, 0.15) is 5.82 Å². The van der Waals surface area contributed by atoms with Crippen molar-refractivity contribution < 1.29 is 9.53 Å². The van der Waals surface area contributed by atoms with Crippen molar-refractivity contribution in [3.8, 4) is 0 Å². The molecule has 1 aliphatic heterocycles. The molecule has 1 aliphatic carbocycles. The summed E-state index contributed by atoms with van der Waals surface area (Å²) in [5.74, 6) is 1.31. The second-order valence-electron chi connectivity index (χ2n) is 6.96. The van der Waals surface area contributed by atoms with Gasteiger partial charge in [-0.25, -0.2) is 0 Å². The largest absolute Gasteiger partial charge is 0.381 e. The lowest BCUT2D eigenvalue weighted by atomic mass is 9.79. The predicted molar refractivity (Wildman–Crippen MR) is 89.2 cm³/mol. The van der Waals surface area contributed by atoms with Crippen LogP contribution in [0.5, 0.6) is 0 Å². The lowest BCUT2D eigenvalue weighted by Gasteiger charge is -2.34. The summed E-state index contributed by atoms with van der Waals surface area (Å²) in [4.78, 5) is 12.8. The van der Waals surface area contributed by atoms with Crippen molar-refractivity contribution >= 4 is 11.7 Å². The molecule has 128 valence electrons. The molecule has 2 fully saturated rings. The highest BCUT2D eigenvalue weighted by molar-refractivity contribution is 5.95. The zero-order valence-corrected chi connectivity index (χ0v) is 14.0. The number of aromatic nitrogens is 2. The van der Waals surface area contributed by atoms with Crippen LogP contribution in [0.1, 0.15) is 56.6 Å². The van der Waals surface area contributed by atoms with Crippen LogP contribution in [-0.2, 0) is 16.6 Å². The molecule has 1 amide bonds. The highest BCUT2D eigenvalue weighted by Gasteiger charge is 2.39. The first-order valence-electron chi connectivity index (χ1n) is 8.78. The number of hydrogen-bond donors (Lipinski definition) is 2. The average molecular weight is 320 g/mol. The molecular weight excluding hydrogens is 292 g/mol. The fourth-order valence-corrected chi connectivity index (χ4v) is 3.74. The van der Waals surface area contributed by atoms with Crippen LogP contribution in [0.2, 0.25) is 0 Å². The van der Waals surface area contributed by atoms with Crippen LogP contribution in [0.25, 0.3) is 0 Å². The Morgan fingerprint density at radius 1 is 1.39 bits per heavy atom. The van der Waals surface area contributed by atoms with E-state index in [-0.39, 0.29) is 5.91 Å². The summed E-state index contributed by atoms with van der Waals surface area (Å²) in [6, 6.07) is 2.04. The van der Waals surface area contributed by atoms with E-state index in [4.69, 9.17) is 10.5 Å². The molecule has 1 saturated heterocycles. The van der Waals surface area contributed by atoms with Gasteiger partial charge < -0.3 is 15.8 Å². The van der Waals surface area contributed by atoms with E-state index in [9.17, 15) is 4.79 Å². The van der Waals surface area contributed by atoms with Gasteiger partial charge in [0.05, 0.1) is 11.1 Å². The van der Waals surface area contributed by atoms with Gasteiger partial charge in [0.25, 0.3) is 0 Å². The highest BCUT2D eigenvalue weighted by Crippen LogP contribution is 2.34. The van der Waals surface area contributed by atoms with Gasteiger partial charge >= 0.3 is 0 Å². The van der Waals surface area contributed by atoms with Crippen LogP contribution in [-0.4, -0.2) is 35.4 Å². The van der Waals surface area contributed by atoms with Gasteiger partial charge in [0.2, 0.25) is 5.91 Å². The minimum Gasteiger partial charge on any atom is -0.381 e. The number of hydrogen-bond acceptors (Lipinski definition) is 4. The molecule has 0 atom stereocenters. The number of aryl methyl sites for hydroxylation is 1. The van der Waals surface area contributed by atoms with Gasteiger partial charge in [0, 0.05) is 38.8 Å². The number of nitrogens with two attached hydrogens (primary N) is 1. The molecule has 6 nitrogen and oxygen atoms in total. The lowest BCUT2D eigenvalue weighted by Crippen LogP contribution is -2.46. The molecule has 0 spiro atoms. The van der Waals surface area contributed by atoms with Crippen molar-refractivity contribution in [3.63, 3.8) is 0 Å². The van der Waals surface area contributed by atoms with Crippen LogP contribution in [0.3, 0.4) is 0 Å². The molecule has 2 aliphatic rings. The molecule has 1 aromatic heterocycles. The monoisotopic (exact) mass is 320 g/mol. The van der Waals surface area contributed by atoms with Crippen molar-refractivity contribution in [2.75, 3.05) is 25.1 Å². The topological polar surface area (TPSA) is 82.2 Å². The van der Waals surface area contributed by atoms with Gasteiger partial charge in [-0.2, -0.15) is 5.10 Å². The van der Waals surface area contributed by atoms with Crippen molar-refractivity contribution in [2.24, 2.45) is 18.2 Å². The van der Waals surface area contributed by atoms with Gasteiger partial charge in [0.15, 0.2) is 0 Å². The molecule has 0 bridgehead atoms. The minimum atomic E-state index is -0.506. The number of carbonyl (C=O) groups is 1. The highest BCUT2D eigenvalue weighted by atomic mass is 16.5. The number of rotatable bonds is 4. The van der Waals surface area contributed by atoms with Crippen LogP contribution >= 0.6 is 0 Å². The first-order chi connectivity index (χ1) is 11.1. The first kappa shape index (κ1) is 16.5. The van der Waals surface area contributed by atoms with E-state index >= 15 is 0 Å². The third-order valence-corrected chi connectivity index (χ3v) is 5.49. The summed E-state index contributed by atoms with van der Waals surface area (Å²) < 4.78 is 7.16. The van der Waals surface area contributed by atoms with E-state index in [1.165, 1.54) is 32.1 Å². The molecule has 1 aromatic rings. The normalized spacial score (nSPS) is 22.0. The third kappa shape index (κ3) is 3.43. The van der Waals surface area contributed by atoms with Gasteiger partial charge in [-0.05, 0) is 25.7 Å². The molecule has 6 heteroatoms. The number of nitrogens with zero attached hydrogens (tertiary/aromatic N) is 2. The summed E-state index contributed by atoms with van der Waals surface area (Å²) in [6.07, 6.45) is 7.65. The molecule has 23 heavy (non-hydrogen) atoms. The second kappa shape index (κ2) is 7.01. The number of anilines is 1. The Morgan fingerprint density at radius 3 is 2.74 bits per heavy atom. The third-order valence-electron chi connectivity index (χ3n) is 5.49. The fourth-order valence-electron chi connectivity index (χ4n) is 3.74. The maximum Gasteiger partial charge on any atom is 0.233 e. The molecule has 2 heterocycles. The molecule has 0 aromatic carbocycles. The molecule has 0 unspecified atom stereocenters. The van der Waals surface area contributed by atoms with Crippen LogP contribution in [0.15, 0.2) is 6.07 Å².